The van der Waals surface area contributed by atoms with Crippen LogP contribution in [0, 0.1) is 5.92 Å². The molecule has 3 nitrogen and oxygen atoms in total. The zero-order valence-electron chi connectivity index (χ0n) is 9.72. The lowest BCUT2D eigenvalue weighted by Gasteiger charge is -2.19. The minimum Gasteiger partial charge on any atom is -0.480 e. The molecule has 16 heavy (non-hydrogen) atoms. The molecular weight excluding hydrogens is 204 g/mol. The molecule has 0 saturated heterocycles. The van der Waals surface area contributed by atoms with E-state index >= 15 is 0 Å². The van der Waals surface area contributed by atoms with Crippen LogP contribution in [-0.4, -0.2) is 17.7 Å². The standard InChI is InChI=1S/C13H18O3/c1-10(2)8-12(16-9-13(14)15)11-6-4-3-5-7-11/h3-7,10,12H,8-9H2,1-2H3,(H,14,15). The fraction of sp³-hybridized carbons (Fsp3) is 0.462. The number of rotatable bonds is 6. The fourth-order valence-corrected chi connectivity index (χ4v) is 1.57. The first-order chi connectivity index (χ1) is 7.59. The Balaban J connectivity index is 2.67. The predicted molar refractivity (Wildman–Crippen MR) is 62.2 cm³/mol. The highest BCUT2D eigenvalue weighted by molar-refractivity contribution is 5.68. The maximum absolute atomic E-state index is 10.5. The molecule has 88 valence electrons. The van der Waals surface area contributed by atoms with Crippen LogP contribution in [0.1, 0.15) is 31.9 Å². The minimum absolute atomic E-state index is 0.128. The lowest BCUT2D eigenvalue weighted by atomic mass is 9.99. The van der Waals surface area contributed by atoms with E-state index in [4.69, 9.17) is 9.84 Å². The van der Waals surface area contributed by atoms with Gasteiger partial charge in [-0.2, -0.15) is 0 Å². The Kier molecular flexibility index (Phi) is 4.99. The van der Waals surface area contributed by atoms with Gasteiger partial charge in [0.05, 0.1) is 6.10 Å². The Morgan fingerprint density at radius 2 is 1.94 bits per heavy atom. The number of aliphatic carboxylic acids is 1. The van der Waals surface area contributed by atoms with Crippen LogP contribution in [0.3, 0.4) is 0 Å². The van der Waals surface area contributed by atoms with Crippen LogP contribution in [0.4, 0.5) is 0 Å². The zero-order chi connectivity index (χ0) is 12.0. The quantitative estimate of drug-likeness (QED) is 0.805. The first kappa shape index (κ1) is 12.7. The molecule has 0 aliphatic heterocycles. The first-order valence-electron chi connectivity index (χ1n) is 5.48. The van der Waals surface area contributed by atoms with Crippen molar-refractivity contribution in [2.45, 2.75) is 26.4 Å². The number of hydrogen-bond donors (Lipinski definition) is 1. The van der Waals surface area contributed by atoms with Crippen LogP contribution in [0.5, 0.6) is 0 Å². The lowest BCUT2D eigenvalue weighted by Crippen LogP contribution is -2.13. The van der Waals surface area contributed by atoms with Gasteiger partial charge in [0.2, 0.25) is 0 Å². The monoisotopic (exact) mass is 222 g/mol. The summed E-state index contributed by atoms with van der Waals surface area (Å²) in [5.74, 6) is -0.455. The molecular formula is C13H18O3. The summed E-state index contributed by atoms with van der Waals surface area (Å²) in [6, 6.07) is 9.75. The number of hydrogen-bond acceptors (Lipinski definition) is 2. The Hall–Kier alpha value is -1.35. The molecule has 0 bridgehead atoms. The third-order valence-corrected chi connectivity index (χ3v) is 2.26. The van der Waals surface area contributed by atoms with E-state index in [2.05, 4.69) is 13.8 Å². The molecule has 0 saturated carbocycles. The van der Waals surface area contributed by atoms with Crippen LogP contribution >= 0.6 is 0 Å². The smallest absolute Gasteiger partial charge is 0.329 e. The van der Waals surface area contributed by atoms with Gasteiger partial charge in [-0.05, 0) is 17.9 Å². The van der Waals surface area contributed by atoms with Crippen molar-refractivity contribution in [1.29, 1.82) is 0 Å². The maximum Gasteiger partial charge on any atom is 0.329 e. The van der Waals surface area contributed by atoms with E-state index in [0.717, 1.165) is 12.0 Å². The molecule has 1 atom stereocenters. The van der Waals surface area contributed by atoms with Gasteiger partial charge in [0, 0.05) is 0 Å². The third-order valence-electron chi connectivity index (χ3n) is 2.26. The molecule has 0 aliphatic carbocycles. The van der Waals surface area contributed by atoms with Crippen molar-refractivity contribution in [2.24, 2.45) is 5.92 Å². The number of benzene rings is 1. The Morgan fingerprint density at radius 1 is 1.31 bits per heavy atom. The van der Waals surface area contributed by atoms with E-state index in [1.54, 1.807) is 0 Å². The van der Waals surface area contributed by atoms with E-state index < -0.39 is 5.97 Å². The number of ether oxygens (including phenoxy) is 1. The molecule has 0 spiro atoms. The van der Waals surface area contributed by atoms with E-state index in [0.29, 0.717) is 5.92 Å². The zero-order valence-corrected chi connectivity index (χ0v) is 9.72. The summed E-state index contributed by atoms with van der Waals surface area (Å²) in [6.07, 6.45) is 0.703. The minimum atomic E-state index is -0.926. The summed E-state index contributed by atoms with van der Waals surface area (Å²) in [5, 5.41) is 8.62. The topological polar surface area (TPSA) is 46.5 Å². The molecule has 0 heterocycles. The molecule has 3 heteroatoms. The van der Waals surface area contributed by atoms with Crippen molar-refractivity contribution in [3.05, 3.63) is 35.9 Å². The second kappa shape index (κ2) is 6.28. The van der Waals surface area contributed by atoms with Crippen molar-refractivity contribution in [1.82, 2.24) is 0 Å². The van der Waals surface area contributed by atoms with Gasteiger partial charge in [0.1, 0.15) is 6.61 Å². The van der Waals surface area contributed by atoms with Gasteiger partial charge in [-0.3, -0.25) is 0 Å². The maximum atomic E-state index is 10.5. The summed E-state index contributed by atoms with van der Waals surface area (Å²) in [4.78, 5) is 10.5. The van der Waals surface area contributed by atoms with Crippen molar-refractivity contribution >= 4 is 5.97 Å². The van der Waals surface area contributed by atoms with Crippen molar-refractivity contribution in [2.75, 3.05) is 6.61 Å². The summed E-state index contributed by atoms with van der Waals surface area (Å²) in [7, 11) is 0. The van der Waals surface area contributed by atoms with Crippen LogP contribution in [0.15, 0.2) is 30.3 Å². The number of carboxylic acids is 1. The average Bonchev–Trinajstić information content (AvgIpc) is 2.25. The summed E-state index contributed by atoms with van der Waals surface area (Å²) < 4.78 is 5.40. The highest BCUT2D eigenvalue weighted by atomic mass is 16.5. The molecule has 1 aromatic rings. The molecule has 1 aromatic carbocycles. The predicted octanol–water partition coefficient (Wildman–Crippen LogP) is 2.88. The fourth-order valence-electron chi connectivity index (χ4n) is 1.57. The van der Waals surface area contributed by atoms with Crippen molar-refractivity contribution in [3.63, 3.8) is 0 Å². The van der Waals surface area contributed by atoms with Crippen LogP contribution in [0.2, 0.25) is 0 Å². The molecule has 0 fully saturated rings. The summed E-state index contributed by atoms with van der Waals surface area (Å²) >= 11 is 0. The second-order valence-electron chi connectivity index (χ2n) is 4.23. The van der Waals surface area contributed by atoms with Crippen LogP contribution < -0.4 is 0 Å². The molecule has 1 N–H and O–H groups in total. The molecule has 0 amide bonds. The second-order valence-corrected chi connectivity index (χ2v) is 4.23. The lowest BCUT2D eigenvalue weighted by molar-refractivity contribution is -0.144. The van der Waals surface area contributed by atoms with E-state index in [1.807, 2.05) is 30.3 Å². The molecule has 0 radical (unpaired) electrons. The molecule has 1 rings (SSSR count). The third kappa shape index (κ3) is 4.45. The van der Waals surface area contributed by atoms with E-state index in [9.17, 15) is 4.79 Å². The number of carboxylic acid groups (broad SMARTS) is 1. The summed E-state index contributed by atoms with van der Waals surface area (Å²) in [5.41, 5.74) is 1.04. The average molecular weight is 222 g/mol. The number of carbonyl (C=O) groups is 1. The van der Waals surface area contributed by atoms with E-state index in [-0.39, 0.29) is 12.7 Å². The van der Waals surface area contributed by atoms with Crippen LogP contribution in [-0.2, 0) is 9.53 Å². The largest absolute Gasteiger partial charge is 0.480 e. The first-order valence-corrected chi connectivity index (χ1v) is 5.48. The Labute approximate surface area is 96.1 Å². The van der Waals surface area contributed by atoms with Crippen molar-refractivity contribution in [3.8, 4) is 0 Å². The van der Waals surface area contributed by atoms with Gasteiger partial charge in [0.25, 0.3) is 0 Å². The SMILES string of the molecule is CC(C)CC(OCC(=O)O)c1ccccc1. The highest BCUT2D eigenvalue weighted by Crippen LogP contribution is 2.24. The van der Waals surface area contributed by atoms with Gasteiger partial charge in [-0.25, -0.2) is 4.79 Å². The van der Waals surface area contributed by atoms with Crippen molar-refractivity contribution < 1.29 is 14.6 Å². The highest BCUT2D eigenvalue weighted by Gasteiger charge is 2.14. The van der Waals surface area contributed by atoms with Crippen LogP contribution in [0.25, 0.3) is 0 Å². The molecule has 0 aliphatic rings. The van der Waals surface area contributed by atoms with Gasteiger partial charge in [-0.1, -0.05) is 44.2 Å². The molecule has 1 unspecified atom stereocenters. The Bertz CT molecular complexity index is 319. The van der Waals surface area contributed by atoms with Gasteiger partial charge >= 0.3 is 5.97 Å². The normalized spacial score (nSPS) is 12.7. The van der Waals surface area contributed by atoms with Gasteiger partial charge in [0.15, 0.2) is 0 Å². The van der Waals surface area contributed by atoms with Gasteiger partial charge in [-0.15, -0.1) is 0 Å². The van der Waals surface area contributed by atoms with Gasteiger partial charge < -0.3 is 9.84 Å². The summed E-state index contributed by atoms with van der Waals surface area (Å²) in [6.45, 7) is 3.95. The van der Waals surface area contributed by atoms with E-state index in [1.165, 1.54) is 0 Å². The molecule has 0 aromatic heterocycles. The Morgan fingerprint density at radius 3 is 2.44 bits per heavy atom.